The number of tetrazole rings is 1. The van der Waals surface area contributed by atoms with Crippen LogP contribution in [0, 0.1) is 0 Å². The van der Waals surface area contributed by atoms with Gasteiger partial charge in [-0.1, -0.05) is 6.92 Å². The van der Waals surface area contributed by atoms with E-state index < -0.39 is 0 Å². The van der Waals surface area contributed by atoms with Gasteiger partial charge in [0.2, 0.25) is 0 Å². The Hall–Kier alpha value is -1.76. The van der Waals surface area contributed by atoms with Crippen molar-refractivity contribution in [2.24, 2.45) is 7.05 Å². The van der Waals surface area contributed by atoms with Crippen LogP contribution in [0.2, 0.25) is 0 Å². The summed E-state index contributed by atoms with van der Waals surface area (Å²) in [6.45, 7) is 4.48. The first-order valence-corrected chi connectivity index (χ1v) is 6.10. The Labute approximate surface area is 106 Å². The monoisotopic (exact) mass is 249 g/mol. The lowest BCUT2D eigenvalue weighted by Gasteiger charge is -2.15. The molecule has 7 heteroatoms. The SMILES string of the molecule is CCCn1nnnc1CN(C)Cc1nccn1C. The molecule has 18 heavy (non-hydrogen) atoms. The van der Waals surface area contributed by atoms with E-state index in [0.29, 0.717) is 0 Å². The normalized spacial score (nSPS) is 11.3. The molecule has 0 aliphatic heterocycles. The fourth-order valence-electron chi connectivity index (χ4n) is 1.81. The number of hydrogen-bond acceptors (Lipinski definition) is 5. The van der Waals surface area contributed by atoms with Crippen molar-refractivity contribution in [1.29, 1.82) is 0 Å². The third-order valence-corrected chi connectivity index (χ3v) is 2.79. The molecule has 0 N–H and O–H groups in total. The van der Waals surface area contributed by atoms with Crippen LogP contribution in [0.3, 0.4) is 0 Å². The van der Waals surface area contributed by atoms with Gasteiger partial charge in [-0.05, 0) is 23.9 Å². The molecule has 0 unspecified atom stereocenters. The Bertz CT molecular complexity index is 487. The Kier molecular flexibility index (Phi) is 4.03. The smallest absolute Gasteiger partial charge is 0.165 e. The summed E-state index contributed by atoms with van der Waals surface area (Å²) in [7, 11) is 4.04. The van der Waals surface area contributed by atoms with E-state index >= 15 is 0 Å². The number of aromatic nitrogens is 6. The largest absolute Gasteiger partial charge is 0.337 e. The van der Waals surface area contributed by atoms with Crippen molar-refractivity contribution in [2.75, 3.05) is 7.05 Å². The summed E-state index contributed by atoms with van der Waals surface area (Å²) in [5.74, 6) is 1.93. The van der Waals surface area contributed by atoms with Gasteiger partial charge in [0, 0.05) is 26.0 Å². The summed E-state index contributed by atoms with van der Waals surface area (Å²) < 4.78 is 3.88. The minimum Gasteiger partial charge on any atom is -0.337 e. The first-order valence-electron chi connectivity index (χ1n) is 6.10. The van der Waals surface area contributed by atoms with Crippen LogP contribution in [0.1, 0.15) is 25.0 Å². The number of rotatable bonds is 6. The molecule has 0 radical (unpaired) electrons. The average Bonchev–Trinajstić information content (AvgIpc) is 2.91. The highest BCUT2D eigenvalue weighted by atomic mass is 15.5. The number of aryl methyl sites for hydroxylation is 2. The van der Waals surface area contributed by atoms with Crippen LogP contribution in [-0.4, -0.2) is 41.7 Å². The predicted molar refractivity (Wildman–Crippen MR) is 66.5 cm³/mol. The van der Waals surface area contributed by atoms with E-state index in [4.69, 9.17) is 0 Å². The van der Waals surface area contributed by atoms with E-state index in [-0.39, 0.29) is 0 Å². The Morgan fingerprint density at radius 3 is 2.72 bits per heavy atom. The van der Waals surface area contributed by atoms with E-state index in [0.717, 1.165) is 37.7 Å². The number of imidazole rings is 1. The van der Waals surface area contributed by atoms with Crippen LogP contribution in [0.4, 0.5) is 0 Å². The summed E-state index contributed by atoms with van der Waals surface area (Å²) in [6.07, 6.45) is 4.79. The molecule has 2 aromatic heterocycles. The highest BCUT2D eigenvalue weighted by Crippen LogP contribution is 2.04. The van der Waals surface area contributed by atoms with Crippen molar-refractivity contribution in [3.05, 3.63) is 24.0 Å². The Balaban J connectivity index is 1.96. The van der Waals surface area contributed by atoms with Crippen molar-refractivity contribution >= 4 is 0 Å². The zero-order chi connectivity index (χ0) is 13.0. The summed E-state index contributed by atoms with van der Waals surface area (Å²) in [5, 5.41) is 11.8. The van der Waals surface area contributed by atoms with E-state index in [2.05, 4.69) is 32.3 Å². The number of nitrogens with zero attached hydrogens (tertiary/aromatic N) is 7. The Morgan fingerprint density at radius 1 is 1.28 bits per heavy atom. The van der Waals surface area contributed by atoms with Gasteiger partial charge in [0.05, 0.1) is 13.1 Å². The molecule has 0 spiro atoms. The molecule has 0 saturated heterocycles. The quantitative estimate of drug-likeness (QED) is 0.743. The van der Waals surface area contributed by atoms with Gasteiger partial charge >= 0.3 is 0 Å². The zero-order valence-corrected chi connectivity index (χ0v) is 11.1. The summed E-state index contributed by atoms with van der Waals surface area (Å²) in [4.78, 5) is 6.46. The van der Waals surface area contributed by atoms with Gasteiger partial charge < -0.3 is 4.57 Å². The van der Waals surface area contributed by atoms with E-state index in [1.54, 1.807) is 0 Å². The Morgan fingerprint density at radius 2 is 2.06 bits per heavy atom. The minimum atomic E-state index is 0.722. The van der Waals surface area contributed by atoms with E-state index in [1.165, 1.54) is 0 Å². The third kappa shape index (κ3) is 2.92. The molecule has 2 rings (SSSR count). The molecule has 0 aliphatic carbocycles. The summed E-state index contributed by atoms with van der Waals surface area (Å²) in [6, 6.07) is 0. The first-order chi connectivity index (χ1) is 8.70. The number of hydrogen-bond donors (Lipinski definition) is 0. The molecule has 0 amide bonds. The maximum atomic E-state index is 4.31. The molecule has 2 heterocycles. The van der Waals surface area contributed by atoms with Gasteiger partial charge in [0.15, 0.2) is 5.82 Å². The van der Waals surface area contributed by atoms with Crippen LogP contribution in [0.25, 0.3) is 0 Å². The fourth-order valence-corrected chi connectivity index (χ4v) is 1.81. The van der Waals surface area contributed by atoms with Crippen LogP contribution in [0.15, 0.2) is 12.4 Å². The van der Waals surface area contributed by atoms with Crippen LogP contribution < -0.4 is 0 Å². The topological polar surface area (TPSA) is 64.7 Å². The molecule has 0 atom stereocenters. The third-order valence-electron chi connectivity index (χ3n) is 2.79. The average molecular weight is 249 g/mol. The van der Waals surface area contributed by atoms with Crippen LogP contribution in [-0.2, 0) is 26.7 Å². The van der Waals surface area contributed by atoms with Gasteiger partial charge in [-0.3, -0.25) is 4.90 Å². The summed E-state index contributed by atoms with van der Waals surface area (Å²) in [5.41, 5.74) is 0. The highest BCUT2D eigenvalue weighted by molar-refractivity contribution is 4.91. The second-order valence-corrected chi connectivity index (χ2v) is 4.44. The molecule has 7 nitrogen and oxygen atoms in total. The fraction of sp³-hybridized carbons (Fsp3) is 0.636. The molecule has 0 aromatic carbocycles. The van der Waals surface area contributed by atoms with E-state index in [9.17, 15) is 0 Å². The van der Waals surface area contributed by atoms with Crippen LogP contribution in [0.5, 0.6) is 0 Å². The molecule has 2 aromatic rings. The van der Waals surface area contributed by atoms with Crippen LogP contribution >= 0.6 is 0 Å². The first kappa shape index (κ1) is 12.7. The van der Waals surface area contributed by atoms with Gasteiger partial charge in [0.1, 0.15) is 5.82 Å². The van der Waals surface area contributed by atoms with Crippen molar-refractivity contribution < 1.29 is 0 Å². The zero-order valence-electron chi connectivity index (χ0n) is 11.1. The van der Waals surface area contributed by atoms with Gasteiger partial charge in [0.25, 0.3) is 0 Å². The maximum absolute atomic E-state index is 4.31. The molecule has 0 saturated carbocycles. The molecular weight excluding hydrogens is 230 g/mol. The molecule has 0 bridgehead atoms. The summed E-state index contributed by atoms with van der Waals surface area (Å²) >= 11 is 0. The standard InChI is InChI=1S/C11H19N7/c1-4-6-18-11(13-14-15-18)9-16(2)8-10-12-5-7-17(10)3/h5,7H,4,6,8-9H2,1-3H3. The second kappa shape index (κ2) is 5.72. The van der Waals surface area contributed by atoms with Gasteiger partial charge in [-0.2, -0.15) is 0 Å². The second-order valence-electron chi connectivity index (χ2n) is 4.44. The molecule has 0 fully saturated rings. The lowest BCUT2D eigenvalue weighted by molar-refractivity contribution is 0.291. The maximum Gasteiger partial charge on any atom is 0.165 e. The van der Waals surface area contributed by atoms with Crippen molar-refractivity contribution in [2.45, 2.75) is 33.0 Å². The van der Waals surface area contributed by atoms with Crippen molar-refractivity contribution in [1.82, 2.24) is 34.7 Å². The van der Waals surface area contributed by atoms with Gasteiger partial charge in [-0.25, -0.2) is 9.67 Å². The van der Waals surface area contributed by atoms with E-state index in [1.807, 2.05) is 35.7 Å². The lowest BCUT2D eigenvalue weighted by atomic mass is 10.4. The van der Waals surface area contributed by atoms with Gasteiger partial charge in [-0.15, -0.1) is 5.10 Å². The van der Waals surface area contributed by atoms with Crippen molar-refractivity contribution in [3.8, 4) is 0 Å². The predicted octanol–water partition coefficient (Wildman–Crippen LogP) is 0.449. The highest BCUT2D eigenvalue weighted by Gasteiger charge is 2.10. The minimum absolute atomic E-state index is 0.722. The molecular formula is C11H19N7. The molecule has 0 aliphatic rings. The molecule has 98 valence electrons. The lowest BCUT2D eigenvalue weighted by Crippen LogP contribution is -2.22. The van der Waals surface area contributed by atoms with Crippen molar-refractivity contribution in [3.63, 3.8) is 0 Å².